The lowest BCUT2D eigenvalue weighted by molar-refractivity contribution is -0.153. The molecule has 0 radical (unpaired) electrons. The number of carbonyl (C=O) groups is 2. The van der Waals surface area contributed by atoms with Gasteiger partial charge in [-0.3, -0.25) is 19.0 Å². The molecule has 2 N–H and O–H groups in total. The van der Waals surface area contributed by atoms with Gasteiger partial charge in [-0.1, -0.05) is 0 Å². The minimum absolute atomic E-state index is 0.0888. The fourth-order valence-corrected chi connectivity index (χ4v) is 3.20. The lowest BCUT2D eigenvalue weighted by atomic mass is 10.0. The molecule has 1 saturated carbocycles. The van der Waals surface area contributed by atoms with E-state index in [2.05, 4.69) is 10.3 Å². The first-order valence-electron chi connectivity index (χ1n) is 9.54. The summed E-state index contributed by atoms with van der Waals surface area (Å²) in [4.78, 5) is 40.6. The lowest BCUT2D eigenvalue weighted by Crippen LogP contribution is -2.38. The van der Waals surface area contributed by atoms with Gasteiger partial charge in [0.15, 0.2) is 0 Å². The zero-order chi connectivity index (χ0) is 23.3. The van der Waals surface area contributed by atoms with Crippen LogP contribution >= 0.6 is 0 Å². The number of amides is 1. The van der Waals surface area contributed by atoms with Gasteiger partial charge in [-0.05, 0) is 51.2 Å². The third kappa shape index (κ3) is 4.64. The molecule has 8 nitrogen and oxygen atoms in total. The van der Waals surface area contributed by atoms with Crippen LogP contribution in [0.1, 0.15) is 61.1 Å². The molecule has 2 aromatic rings. The highest BCUT2D eigenvalue weighted by Crippen LogP contribution is 2.46. The number of aryl methyl sites for hydroxylation is 1. The first kappa shape index (κ1) is 22.6. The minimum Gasteiger partial charge on any atom is -0.506 e. The zero-order valence-corrected chi connectivity index (χ0v) is 17.4. The molecule has 0 atom stereocenters. The number of rotatable bonds is 4. The van der Waals surface area contributed by atoms with E-state index in [-0.39, 0.29) is 16.9 Å². The van der Waals surface area contributed by atoms with E-state index in [4.69, 9.17) is 4.74 Å². The van der Waals surface area contributed by atoms with Crippen molar-refractivity contribution in [3.63, 3.8) is 0 Å². The van der Waals surface area contributed by atoms with Gasteiger partial charge in [0.1, 0.15) is 34.8 Å². The molecule has 11 heteroatoms. The summed E-state index contributed by atoms with van der Waals surface area (Å²) in [5.74, 6) is -2.96. The highest BCUT2D eigenvalue weighted by molar-refractivity contribution is 6.02. The maximum atomic E-state index is 13.5. The van der Waals surface area contributed by atoms with Crippen molar-refractivity contribution in [1.29, 1.82) is 0 Å². The normalized spacial score (nSPS) is 14.5. The lowest BCUT2D eigenvalue weighted by Gasteiger charge is -2.19. The molecular formula is C20H22F3N3O5. The number of halogens is 3. The molecule has 0 bridgehead atoms. The maximum Gasteiger partial charge on any atom is 0.433 e. The average Bonchev–Trinajstić information content (AvgIpc) is 3.46. The van der Waals surface area contributed by atoms with Crippen molar-refractivity contribution in [3.05, 3.63) is 33.2 Å². The molecule has 1 aliphatic rings. The van der Waals surface area contributed by atoms with Gasteiger partial charge in [-0.2, -0.15) is 13.2 Å². The van der Waals surface area contributed by atoms with Crippen molar-refractivity contribution in [2.45, 2.75) is 51.3 Å². The van der Waals surface area contributed by atoms with E-state index >= 15 is 0 Å². The van der Waals surface area contributed by atoms with Crippen LogP contribution < -0.4 is 10.9 Å². The summed E-state index contributed by atoms with van der Waals surface area (Å²) in [5, 5.41) is 12.6. The van der Waals surface area contributed by atoms with Gasteiger partial charge in [0.05, 0.1) is 5.39 Å². The quantitative estimate of drug-likeness (QED) is 0.706. The maximum absolute atomic E-state index is 13.5. The van der Waals surface area contributed by atoms with Gasteiger partial charge in [-0.15, -0.1) is 0 Å². The van der Waals surface area contributed by atoms with Crippen LogP contribution in [0.2, 0.25) is 0 Å². The molecule has 0 aliphatic heterocycles. The number of aromatic hydroxyl groups is 1. The topological polar surface area (TPSA) is 111 Å². The second-order valence-electron chi connectivity index (χ2n) is 8.43. The minimum atomic E-state index is -4.73. The molecule has 0 aromatic carbocycles. The Hall–Kier alpha value is -3.11. The van der Waals surface area contributed by atoms with Crippen molar-refractivity contribution in [3.8, 4) is 5.75 Å². The van der Waals surface area contributed by atoms with Crippen LogP contribution in [0.4, 0.5) is 13.2 Å². The number of aromatic nitrogens is 2. The van der Waals surface area contributed by atoms with Gasteiger partial charge in [0.2, 0.25) is 0 Å². The highest BCUT2D eigenvalue weighted by Gasteiger charge is 2.41. The largest absolute Gasteiger partial charge is 0.506 e. The number of hydrogen-bond acceptors (Lipinski definition) is 6. The molecule has 168 valence electrons. The Balaban J connectivity index is 2.05. The fourth-order valence-electron chi connectivity index (χ4n) is 3.20. The summed E-state index contributed by atoms with van der Waals surface area (Å²) in [5.41, 5.74) is -4.13. The number of nitrogens with one attached hydrogen (secondary N) is 1. The smallest absolute Gasteiger partial charge is 0.433 e. The molecule has 0 unspecified atom stereocenters. The summed E-state index contributed by atoms with van der Waals surface area (Å²) < 4.78 is 46.3. The number of ether oxygens (including phenoxy) is 1. The van der Waals surface area contributed by atoms with Crippen LogP contribution in [0.15, 0.2) is 10.9 Å². The van der Waals surface area contributed by atoms with Crippen molar-refractivity contribution in [2.75, 3.05) is 6.54 Å². The first-order chi connectivity index (χ1) is 14.2. The number of pyridine rings is 2. The standard InChI is InChI=1S/C20H22F3N3O5/c1-19(2,3)31-12(27)8-24-17(29)13-14(28)11-7-10(9-5-6-9)15(20(21,22)23)25-16(11)26(4)18(13)30/h7,9,28H,5-6,8H2,1-4H3,(H,24,29). The van der Waals surface area contributed by atoms with E-state index in [0.717, 1.165) is 17.7 Å². The number of fused-ring (bicyclic) bond motifs is 1. The average molecular weight is 441 g/mol. The first-order valence-corrected chi connectivity index (χ1v) is 9.54. The summed E-state index contributed by atoms with van der Waals surface area (Å²) in [7, 11) is 1.15. The van der Waals surface area contributed by atoms with Crippen LogP contribution in [-0.4, -0.2) is 38.7 Å². The molecule has 31 heavy (non-hydrogen) atoms. The number of esters is 1. The molecular weight excluding hydrogens is 419 g/mol. The monoisotopic (exact) mass is 441 g/mol. The second-order valence-corrected chi connectivity index (χ2v) is 8.43. The number of hydrogen-bond donors (Lipinski definition) is 2. The van der Waals surface area contributed by atoms with Crippen LogP contribution in [-0.2, 0) is 22.8 Å². The Labute approximate surface area is 175 Å². The molecule has 3 rings (SSSR count). The molecule has 1 fully saturated rings. The molecule has 2 aromatic heterocycles. The van der Waals surface area contributed by atoms with Gasteiger partial charge in [0.25, 0.3) is 11.5 Å². The summed E-state index contributed by atoms with van der Waals surface area (Å²) in [6.45, 7) is 4.35. The van der Waals surface area contributed by atoms with E-state index < -0.39 is 58.4 Å². The summed E-state index contributed by atoms with van der Waals surface area (Å²) in [6, 6.07) is 1.13. The third-order valence-electron chi connectivity index (χ3n) is 4.69. The Bertz CT molecular complexity index is 1130. The Kier molecular flexibility index (Phi) is 5.49. The van der Waals surface area contributed by atoms with Crippen molar-refractivity contribution in [1.82, 2.24) is 14.9 Å². The molecule has 0 spiro atoms. The number of nitrogens with zero attached hydrogens (tertiary/aromatic N) is 2. The van der Waals surface area contributed by atoms with Crippen molar-refractivity contribution in [2.24, 2.45) is 7.05 Å². The van der Waals surface area contributed by atoms with Gasteiger partial charge in [-0.25, -0.2) is 4.98 Å². The van der Waals surface area contributed by atoms with E-state index in [1.807, 2.05) is 0 Å². The van der Waals surface area contributed by atoms with Gasteiger partial charge >= 0.3 is 12.1 Å². The summed E-state index contributed by atoms with van der Waals surface area (Å²) >= 11 is 0. The summed E-state index contributed by atoms with van der Waals surface area (Å²) in [6.07, 6.45) is -3.64. The molecule has 2 heterocycles. The third-order valence-corrected chi connectivity index (χ3v) is 4.69. The number of alkyl halides is 3. The number of carbonyl (C=O) groups excluding carboxylic acids is 2. The predicted octanol–water partition coefficient (Wildman–Crippen LogP) is 2.61. The van der Waals surface area contributed by atoms with E-state index in [1.54, 1.807) is 20.8 Å². The Morgan fingerprint density at radius 3 is 2.42 bits per heavy atom. The Morgan fingerprint density at radius 2 is 1.90 bits per heavy atom. The van der Waals surface area contributed by atoms with E-state index in [1.165, 1.54) is 0 Å². The van der Waals surface area contributed by atoms with E-state index in [0.29, 0.717) is 12.8 Å². The van der Waals surface area contributed by atoms with Crippen LogP contribution in [0.25, 0.3) is 11.0 Å². The molecule has 1 aliphatic carbocycles. The highest BCUT2D eigenvalue weighted by atomic mass is 19.4. The Morgan fingerprint density at radius 1 is 1.29 bits per heavy atom. The SMILES string of the molecule is Cn1c(=O)c(C(=O)NCC(=O)OC(C)(C)C)c(O)c2cc(C3CC3)c(C(F)(F)F)nc21. The second kappa shape index (κ2) is 7.54. The zero-order valence-electron chi connectivity index (χ0n) is 17.4. The van der Waals surface area contributed by atoms with Crippen molar-refractivity contribution < 1.29 is 32.6 Å². The van der Waals surface area contributed by atoms with Crippen LogP contribution in [0.3, 0.4) is 0 Å². The van der Waals surface area contributed by atoms with Gasteiger partial charge in [0, 0.05) is 7.05 Å². The fraction of sp³-hybridized carbons (Fsp3) is 0.500. The van der Waals surface area contributed by atoms with Crippen LogP contribution in [0.5, 0.6) is 5.75 Å². The molecule has 1 amide bonds. The van der Waals surface area contributed by atoms with Crippen molar-refractivity contribution >= 4 is 22.9 Å². The van der Waals surface area contributed by atoms with Gasteiger partial charge < -0.3 is 15.2 Å². The van der Waals surface area contributed by atoms with Crippen LogP contribution in [0, 0.1) is 0 Å². The van der Waals surface area contributed by atoms with E-state index in [9.17, 15) is 32.7 Å². The predicted molar refractivity (Wildman–Crippen MR) is 104 cm³/mol. The molecule has 0 saturated heterocycles.